The second-order valence-electron chi connectivity index (χ2n) is 6.19. The number of benzene rings is 1. The highest BCUT2D eigenvalue weighted by Gasteiger charge is 2.28. The number of halogens is 3. The number of hydrogen-bond acceptors (Lipinski definition) is 4. The first-order valence-electron chi connectivity index (χ1n) is 8.28. The summed E-state index contributed by atoms with van der Waals surface area (Å²) in [5.41, 5.74) is 0.910. The van der Waals surface area contributed by atoms with E-state index >= 15 is 0 Å². The molecule has 0 aliphatic carbocycles. The van der Waals surface area contributed by atoms with Crippen LogP contribution < -0.4 is 10.1 Å². The van der Waals surface area contributed by atoms with Crippen molar-refractivity contribution < 1.29 is 23.0 Å². The minimum absolute atomic E-state index is 0.204. The molecule has 1 heterocycles. The summed E-state index contributed by atoms with van der Waals surface area (Å²) in [6.45, 7) is 3.19. The number of alkyl halides is 3. The van der Waals surface area contributed by atoms with Gasteiger partial charge < -0.3 is 20.1 Å². The fourth-order valence-corrected chi connectivity index (χ4v) is 2.89. The molecule has 1 saturated heterocycles. The molecular weight excluding hydrogens is 321 g/mol. The number of aliphatic hydroxyl groups is 1. The van der Waals surface area contributed by atoms with Crippen molar-refractivity contribution in [1.29, 1.82) is 0 Å². The molecule has 0 unspecified atom stereocenters. The van der Waals surface area contributed by atoms with Gasteiger partial charge in [0.2, 0.25) is 0 Å². The third-order valence-electron chi connectivity index (χ3n) is 4.19. The van der Waals surface area contributed by atoms with Gasteiger partial charge in [0.25, 0.3) is 0 Å². The van der Waals surface area contributed by atoms with Gasteiger partial charge in [0.1, 0.15) is 5.75 Å². The van der Waals surface area contributed by atoms with E-state index in [1.54, 1.807) is 12.1 Å². The average molecular weight is 346 g/mol. The van der Waals surface area contributed by atoms with E-state index in [1.165, 1.54) is 6.07 Å². The molecule has 24 heavy (non-hydrogen) atoms. The van der Waals surface area contributed by atoms with Crippen LogP contribution >= 0.6 is 0 Å². The second-order valence-corrected chi connectivity index (χ2v) is 6.19. The molecule has 0 spiro atoms. The van der Waals surface area contributed by atoms with Gasteiger partial charge in [0, 0.05) is 13.1 Å². The van der Waals surface area contributed by atoms with E-state index in [1.807, 2.05) is 6.07 Å². The lowest BCUT2D eigenvalue weighted by atomic mass is 9.97. The maximum Gasteiger partial charge on any atom is 0.422 e. The highest BCUT2D eigenvalue weighted by atomic mass is 19.4. The lowest BCUT2D eigenvalue weighted by molar-refractivity contribution is -0.153. The van der Waals surface area contributed by atoms with Crippen molar-refractivity contribution >= 4 is 0 Å². The highest BCUT2D eigenvalue weighted by Crippen LogP contribution is 2.20. The van der Waals surface area contributed by atoms with Crippen molar-refractivity contribution in [2.45, 2.75) is 25.6 Å². The number of piperidine rings is 1. The van der Waals surface area contributed by atoms with Crippen LogP contribution in [0.3, 0.4) is 0 Å². The lowest BCUT2D eigenvalue weighted by Crippen LogP contribution is -2.38. The number of ether oxygens (including phenoxy) is 1. The van der Waals surface area contributed by atoms with Gasteiger partial charge in [0.15, 0.2) is 6.61 Å². The van der Waals surface area contributed by atoms with E-state index in [2.05, 4.69) is 10.2 Å². The maximum atomic E-state index is 12.2. The van der Waals surface area contributed by atoms with E-state index in [-0.39, 0.29) is 12.4 Å². The normalized spacial score (nSPS) is 17.2. The highest BCUT2D eigenvalue weighted by molar-refractivity contribution is 5.28. The van der Waals surface area contributed by atoms with Crippen LogP contribution in [-0.4, -0.2) is 55.6 Å². The Kier molecular flexibility index (Phi) is 7.33. The van der Waals surface area contributed by atoms with Crippen molar-refractivity contribution in [1.82, 2.24) is 10.2 Å². The van der Waals surface area contributed by atoms with Gasteiger partial charge in [-0.25, -0.2) is 0 Å². The predicted octanol–water partition coefficient (Wildman–Crippen LogP) is 2.42. The van der Waals surface area contributed by atoms with Crippen LogP contribution in [-0.2, 0) is 6.54 Å². The number of hydrogen-bond donors (Lipinski definition) is 2. The Balaban J connectivity index is 1.69. The van der Waals surface area contributed by atoms with Crippen molar-refractivity contribution in [2.24, 2.45) is 5.92 Å². The number of rotatable bonds is 8. The second kappa shape index (κ2) is 9.25. The molecule has 1 aliphatic rings. The minimum atomic E-state index is -4.32. The number of aliphatic hydroxyl groups excluding tert-OH is 1. The molecule has 1 aromatic carbocycles. The summed E-state index contributed by atoms with van der Waals surface area (Å²) in [7, 11) is 0. The maximum absolute atomic E-state index is 12.2. The van der Waals surface area contributed by atoms with E-state index in [4.69, 9.17) is 9.84 Å². The number of nitrogens with zero attached hydrogens (tertiary/aromatic N) is 1. The van der Waals surface area contributed by atoms with Crippen LogP contribution in [0.5, 0.6) is 5.75 Å². The van der Waals surface area contributed by atoms with E-state index in [0.717, 1.165) is 44.6 Å². The summed E-state index contributed by atoms with van der Waals surface area (Å²) >= 11 is 0. The standard InChI is InChI=1S/C17H25F3N2O2/c18-17(19,20)13-24-16-3-1-2-15(10-16)12-21-11-14-4-6-22(7-5-14)8-9-23/h1-3,10,14,21,23H,4-9,11-13H2. The molecule has 2 rings (SSSR count). The summed E-state index contributed by atoms with van der Waals surface area (Å²) in [4.78, 5) is 2.26. The Bertz CT molecular complexity index is 489. The number of likely N-dealkylation sites (tertiary alicyclic amines) is 1. The Labute approximate surface area is 140 Å². The molecule has 1 fully saturated rings. The first-order valence-corrected chi connectivity index (χ1v) is 8.28. The Morgan fingerprint density at radius 3 is 2.67 bits per heavy atom. The largest absolute Gasteiger partial charge is 0.484 e. The van der Waals surface area contributed by atoms with Gasteiger partial charge in [-0.15, -0.1) is 0 Å². The molecular formula is C17H25F3N2O2. The summed E-state index contributed by atoms with van der Waals surface area (Å²) in [5.74, 6) is 0.841. The van der Waals surface area contributed by atoms with Crippen LogP contribution in [0.15, 0.2) is 24.3 Å². The topological polar surface area (TPSA) is 44.7 Å². The summed E-state index contributed by atoms with van der Waals surface area (Å²) < 4.78 is 41.3. The van der Waals surface area contributed by atoms with Crippen molar-refractivity contribution in [3.05, 3.63) is 29.8 Å². The fraction of sp³-hybridized carbons (Fsp3) is 0.647. The van der Waals surface area contributed by atoms with E-state index < -0.39 is 12.8 Å². The van der Waals surface area contributed by atoms with Crippen LogP contribution in [0, 0.1) is 5.92 Å². The van der Waals surface area contributed by atoms with Crippen LogP contribution in [0.4, 0.5) is 13.2 Å². The van der Waals surface area contributed by atoms with Crippen molar-refractivity contribution in [3.8, 4) is 5.75 Å². The first-order chi connectivity index (χ1) is 11.5. The molecule has 1 aromatic rings. The van der Waals surface area contributed by atoms with E-state index in [9.17, 15) is 13.2 Å². The molecule has 0 aromatic heterocycles. The molecule has 0 radical (unpaired) electrons. The molecule has 7 heteroatoms. The summed E-state index contributed by atoms with van der Waals surface area (Å²) in [6, 6.07) is 6.75. The SMILES string of the molecule is OCCN1CCC(CNCc2cccc(OCC(F)(F)F)c2)CC1. The lowest BCUT2D eigenvalue weighted by Gasteiger charge is -2.31. The van der Waals surface area contributed by atoms with Gasteiger partial charge in [-0.2, -0.15) is 13.2 Å². The molecule has 0 saturated carbocycles. The first kappa shape index (κ1) is 19.0. The zero-order valence-electron chi connectivity index (χ0n) is 13.7. The zero-order chi connectivity index (χ0) is 17.4. The Morgan fingerprint density at radius 1 is 1.25 bits per heavy atom. The quantitative estimate of drug-likeness (QED) is 0.759. The van der Waals surface area contributed by atoms with Gasteiger partial charge in [-0.05, 0) is 56.1 Å². The van der Waals surface area contributed by atoms with Crippen LogP contribution in [0.25, 0.3) is 0 Å². The van der Waals surface area contributed by atoms with Crippen LogP contribution in [0.2, 0.25) is 0 Å². The predicted molar refractivity (Wildman–Crippen MR) is 85.9 cm³/mol. The van der Waals surface area contributed by atoms with Gasteiger partial charge >= 0.3 is 6.18 Å². The number of nitrogens with one attached hydrogen (secondary N) is 1. The fourth-order valence-electron chi connectivity index (χ4n) is 2.89. The smallest absolute Gasteiger partial charge is 0.422 e. The Hall–Kier alpha value is -1.31. The Morgan fingerprint density at radius 2 is 2.00 bits per heavy atom. The minimum Gasteiger partial charge on any atom is -0.484 e. The number of β-amino-alcohol motifs (C(OH)–C–C–N with tert-alkyl or cyclic N) is 1. The molecule has 0 atom stereocenters. The van der Waals surface area contributed by atoms with Gasteiger partial charge in [0.05, 0.1) is 6.61 Å². The molecule has 4 nitrogen and oxygen atoms in total. The van der Waals surface area contributed by atoms with Gasteiger partial charge in [-0.1, -0.05) is 12.1 Å². The zero-order valence-corrected chi connectivity index (χ0v) is 13.7. The third-order valence-corrected chi connectivity index (χ3v) is 4.19. The molecule has 2 N–H and O–H groups in total. The molecule has 1 aliphatic heterocycles. The molecule has 0 amide bonds. The van der Waals surface area contributed by atoms with E-state index in [0.29, 0.717) is 12.5 Å². The molecule has 0 bridgehead atoms. The van der Waals surface area contributed by atoms with Crippen LogP contribution in [0.1, 0.15) is 18.4 Å². The van der Waals surface area contributed by atoms with Crippen molar-refractivity contribution in [3.63, 3.8) is 0 Å². The summed E-state index contributed by atoms with van der Waals surface area (Å²) in [5, 5.41) is 12.3. The summed E-state index contributed by atoms with van der Waals surface area (Å²) in [6.07, 6.45) is -2.12. The van der Waals surface area contributed by atoms with Gasteiger partial charge in [-0.3, -0.25) is 0 Å². The third kappa shape index (κ3) is 7.07. The molecule has 136 valence electrons. The van der Waals surface area contributed by atoms with Crippen molar-refractivity contribution in [2.75, 3.05) is 39.4 Å². The monoisotopic (exact) mass is 346 g/mol. The average Bonchev–Trinajstić information content (AvgIpc) is 2.55.